The molecule has 5 nitrogen and oxygen atoms in total. The van der Waals surface area contributed by atoms with Crippen molar-refractivity contribution in [3.63, 3.8) is 0 Å². The quantitative estimate of drug-likeness (QED) is 0.410. The van der Waals surface area contributed by atoms with Crippen molar-refractivity contribution >= 4 is 17.5 Å². The van der Waals surface area contributed by atoms with E-state index in [1.54, 1.807) is 0 Å². The lowest BCUT2D eigenvalue weighted by Crippen LogP contribution is -2.39. The number of carbonyl (C=O) groups excluding carboxylic acids is 2. The smallest absolute Gasteiger partial charge is 0.336 e. The second-order valence-corrected chi connectivity index (χ2v) is 9.00. The molecule has 2 aromatic carbocycles. The molecule has 2 atom stereocenters. The molecule has 0 spiro atoms. The molecule has 1 aliphatic heterocycles. The van der Waals surface area contributed by atoms with Gasteiger partial charge in [-0.3, -0.25) is 9.79 Å². The van der Waals surface area contributed by atoms with E-state index in [0.717, 1.165) is 29.9 Å². The second kappa shape index (κ2) is 10.2. The largest absolute Gasteiger partial charge is 0.490 e. The van der Waals surface area contributed by atoms with Crippen molar-refractivity contribution in [1.82, 2.24) is 0 Å². The van der Waals surface area contributed by atoms with Crippen LogP contribution in [0.15, 0.2) is 70.9 Å². The Morgan fingerprint density at radius 2 is 1.73 bits per heavy atom. The lowest BCUT2D eigenvalue weighted by atomic mass is 9.69. The number of benzene rings is 2. The monoisotopic (exact) mass is 445 g/mol. The van der Waals surface area contributed by atoms with Crippen LogP contribution in [0.25, 0.3) is 0 Å². The highest BCUT2D eigenvalue weighted by Gasteiger charge is 2.43. The fraction of sp³-hybridized carbons (Fsp3) is 0.393. The van der Waals surface area contributed by atoms with E-state index in [4.69, 9.17) is 14.5 Å². The summed E-state index contributed by atoms with van der Waals surface area (Å²) < 4.78 is 11.2. The SMILES string of the molecule is CC1=C(C(=O)OCCOc2ccccc2)C(c2ccc(C(C)C)cc2)C2C(=O)CCCC2=N1. The highest BCUT2D eigenvalue weighted by atomic mass is 16.6. The van der Waals surface area contributed by atoms with Crippen LogP contribution in [-0.2, 0) is 14.3 Å². The minimum Gasteiger partial charge on any atom is -0.490 e. The van der Waals surface area contributed by atoms with E-state index in [0.29, 0.717) is 23.6 Å². The fourth-order valence-electron chi connectivity index (χ4n) is 4.72. The van der Waals surface area contributed by atoms with E-state index in [-0.39, 0.29) is 24.9 Å². The number of hydrogen-bond acceptors (Lipinski definition) is 5. The highest BCUT2D eigenvalue weighted by Crippen LogP contribution is 2.43. The first-order valence-electron chi connectivity index (χ1n) is 11.7. The molecule has 1 fully saturated rings. The summed E-state index contributed by atoms with van der Waals surface area (Å²) >= 11 is 0. The summed E-state index contributed by atoms with van der Waals surface area (Å²) in [7, 11) is 0. The van der Waals surface area contributed by atoms with Gasteiger partial charge >= 0.3 is 5.97 Å². The van der Waals surface area contributed by atoms with Crippen molar-refractivity contribution in [2.75, 3.05) is 13.2 Å². The molecule has 2 aromatic rings. The van der Waals surface area contributed by atoms with Gasteiger partial charge in [0.15, 0.2) is 0 Å². The second-order valence-electron chi connectivity index (χ2n) is 9.00. The molecule has 5 heteroatoms. The summed E-state index contributed by atoms with van der Waals surface area (Å²) in [5, 5.41) is 0. The summed E-state index contributed by atoms with van der Waals surface area (Å²) in [4.78, 5) is 30.9. The van der Waals surface area contributed by atoms with Gasteiger partial charge in [0.2, 0.25) is 0 Å². The number of nitrogens with zero attached hydrogens (tertiary/aromatic N) is 1. The Bertz CT molecular complexity index is 1070. The van der Waals surface area contributed by atoms with Crippen LogP contribution in [0, 0.1) is 5.92 Å². The number of carbonyl (C=O) groups is 2. The Hall–Kier alpha value is -3.21. The molecule has 172 valence electrons. The van der Waals surface area contributed by atoms with Crippen molar-refractivity contribution in [2.45, 2.75) is 51.9 Å². The van der Waals surface area contributed by atoms with Gasteiger partial charge in [-0.2, -0.15) is 0 Å². The van der Waals surface area contributed by atoms with Gasteiger partial charge in [0.1, 0.15) is 24.7 Å². The van der Waals surface area contributed by atoms with Crippen molar-refractivity contribution in [3.8, 4) is 5.75 Å². The number of esters is 1. The fourth-order valence-corrected chi connectivity index (χ4v) is 4.72. The third kappa shape index (κ3) is 5.08. The molecule has 0 saturated heterocycles. The van der Waals surface area contributed by atoms with E-state index < -0.39 is 11.9 Å². The molecule has 1 saturated carbocycles. The number of aliphatic imine (C=N–C) groups is 1. The average molecular weight is 446 g/mol. The van der Waals surface area contributed by atoms with Gasteiger partial charge in [0.25, 0.3) is 0 Å². The summed E-state index contributed by atoms with van der Waals surface area (Å²) in [5.74, 6) is 0.105. The molecule has 1 heterocycles. The number of ketones is 1. The number of rotatable bonds is 7. The maximum Gasteiger partial charge on any atom is 0.336 e. The first-order chi connectivity index (χ1) is 16.0. The van der Waals surface area contributed by atoms with Gasteiger partial charge in [-0.15, -0.1) is 0 Å². The van der Waals surface area contributed by atoms with E-state index >= 15 is 0 Å². The van der Waals surface area contributed by atoms with Crippen LogP contribution in [0.2, 0.25) is 0 Å². The van der Waals surface area contributed by atoms with Crippen LogP contribution in [-0.4, -0.2) is 30.7 Å². The Morgan fingerprint density at radius 3 is 2.42 bits per heavy atom. The Labute approximate surface area is 195 Å². The van der Waals surface area contributed by atoms with Gasteiger partial charge in [-0.1, -0.05) is 56.3 Å². The van der Waals surface area contributed by atoms with Crippen LogP contribution >= 0.6 is 0 Å². The van der Waals surface area contributed by atoms with E-state index in [9.17, 15) is 9.59 Å². The summed E-state index contributed by atoms with van der Waals surface area (Å²) in [6, 6.07) is 17.7. The number of Topliss-reactive ketones (excluding diaryl/α,β-unsaturated/α-hetero) is 1. The molecule has 4 rings (SSSR count). The van der Waals surface area contributed by atoms with Crippen LogP contribution in [0.4, 0.5) is 0 Å². The van der Waals surface area contributed by atoms with E-state index in [2.05, 4.69) is 26.0 Å². The third-order valence-electron chi connectivity index (χ3n) is 6.42. The van der Waals surface area contributed by atoms with Crippen LogP contribution in [0.5, 0.6) is 5.75 Å². The lowest BCUT2D eigenvalue weighted by molar-refractivity contribution is -0.140. The zero-order valence-electron chi connectivity index (χ0n) is 19.5. The normalized spacial score (nSPS) is 20.4. The molecule has 0 bridgehead atoms. The molecule has 2 aliphatic rings. The van der Waals surface area contributed by atoms with Crippen molar-refractivity contribution in [2.24, 2.45) is 10.9 Å². The number of allylic oxidation sites excluding steroid dienone is 1. The summed E-state index contributed by atoms with van der Waals surface area (Å²) in [5.41, 5.74) is 4.20. The minimum atomic E-state index is -0.428. The maximum atomic E-state index is 13.2. The lowest BCUT2D eigenvalue weighted by Gasteiger charge is -2.35. The first-order valence-corrected chi connectivity index (χ1v) is 11.7. The zero-order chi connectivity index (χ0) is 23.4. The predicted octanol–water partition coefficient (Wildman–Crippen LogP) is 5.61. The topological polar surface area (TPSA) is 65.0 Å². The molecular weight excluding hydrogens is 414 g/mol. The van der Waals surface area contributed by atoms with E-state index in [1.165, 1.54) is 5.56 Å². The van der Waals surface area contributed by atoms with Crippen LogP contribution in [0.3, 0.4) is 0 Å². The van der Waals surface area contributed by atoms with Gasteiger partial charge in [-0.25, -0.2) is 4.79 Å². The number of fused-ring (bicyclic) bond motifs is 1. The maximum absolute atomic E-state index is 13.2. The Morgan fingerprint density at radius 1 is 1.00 bits per heavy atom. The van der Waals surface area contributed by atoms with Crippen molar-refractivity contribution in [3.05, 3.63) is 77.0 Å². The zero-order valence-corrected chi connectivity index (χ0v) is 19.5. The van der Waals surface area contributed by atoms with Gasteiger partial charge in [-0.05, 0) is 48.9 Å². The molecule has 1 aliphatic carbocycles. The molecule has 0 radical (unpaired) electrons. The molecule has 2 unspecified atom stereocenters. The molecular formula is C28H31NO4. The highest BCUT2D eigenvalue weighted by molar-refractivity contribution is 6.11. The average Bonchev–Trinajstić information content (AvgIpc) is 2.81. The number of para-hydroxylation sites is 1. The summed E-state index contributed by atoms with van der Waals surface area (Å²) in [6.45, 7) is 6.52. The first kappa shape index (κ1) is 23.0. The standard InChI is InChI=1S/C28H31NO4/c1-18(2)20-12-14-21(15-13-20)26-25(19(3)29-23-10-7-11-24(30)27(23)26)28(31)33-17-16-32-22-8-5-4-6-9-22/h4-6,8-9,12-15,18,26-27H,7,10-11,16-17H2,1-3H3. The van der Waals surface area contributed by atoms with Gasteiger partial charge < -0.3 is 9.47 Å². The Balaban J connectivity index is 1.57. The summed E-state index contributed by atoms with van der Waals surface area (Å²) in [6.07, 6.45) is 2.13. The van der Waals surface area contributed by atoms with E-state index in [1.807, 2.05) is 49.4 Å². The van der Waals surface area contributed by atoms with Crippen molar-refractivity contribution in [1.29, 1.82) is 0 Å². The Kier molecular flexibility index (Phi) is 7.07. The van der Waals surface area contributed by atoms with Crippen LogP contribution in [0.1, 0.15) is 63.0 Å². The number of ether oxygens (including phenoxy) is 2. The third-order valence-corrected chi connectivity index (χ3v) is 6.42. The molecule has 0 amide bonds. The van der Waals surface area contributed by atoms with Crippen LogP contribution < -0.4 is 4.74 Å². The predicted molar refractivity (Wildman–Crippen MR) is 129 cm³/mol. The molecule has 0 N–H and O–H groups in total. The van der Waals surface area contributed by atoms with Crippen molar-refractivity contribution < 1.29 is 19.1 Å². The van der Waals surface area contributed by atoms with Gasteiger partial charge in [0.05, 0.1) is 11.5 Å². The number of hydrogen-bond donors (Lipinski definition) is 0. The molecule has 0 aromatic heterocycles. The minimum absolute atomic E-state index is 0.124. The molecule has 33 heavy (non-hydrogen) atoms. The van der Waals surface area contributed by atoms with Gasteiger partial charge in [0, 0.05) is 23.7 Å².